The number of hydrogen-bond donors (Lipinski definition) is 1. The molecule has 0 atom stereocenters. The summed E-state index contributed by atoms with van der Waals surface area (Å²) >= 11 is 0. The van der Waals surface area contributed by atoms with Crippen LogP contribution >= 0.6 is 0 Å². The molecule has 1 N–H and O–H groups in total. The molecule has 0 unspecified atom stereocenters. The highest BCUT2D eigenvalue weighted by atomic mass is 32.2. The topological polar surface area (TPSA) is 80.7 Å². The number of ether oxygens (including phenoxy) is 1. The lowest BCUT2D eigenvalue weighted by Gasteiger charge is -2.06. The molecule has 0 fully saturated rings. The van der Waals surface area contributed by atoms with Gasteiger partial charge in [-0.2, -0.15) is 0 Å². The first kappa shape index (κ1) is 16.2. The molecule has 0 saturated carbocycles. The van der Waals surface area contributed by atoms with Crippen LogP contribution in [0.3, 0.4) is 0 Å². The number of carbonyl (C=O) groups is 1. The Balaban J connectivity index is 2.48. The van der Waals surface area contributed by atoms with Gasteiger partial charge in [-0.1, -0.05) is 19.1 Å². The van der Waals surface area contributed by atoms with Crippen LogP contribution in [-0.4, -0.2) is 37.6 Å². The van der Waals surface area contributed by atoms with E-state index >= 15 is 0 Å². The first-order valence-corrected chi connectivity index (χ1v) is 8.09. The molecule has 0 spiro atoms. The molecule has 20 heavy (non-hydrogen) atoms. The van der Waals surface area contributed by atoms with Crippen molar-refractivity contribution in [1.82, 2.24) is 0 Å². The van der Waals surface area contributed by atoms with E-state index in [1.54, 1.807) is 24.3 Å². The number of rotatable bonds is 8. The minimum Gasteiger partial charge on any atom is -0.493 e. The summed E-state index contributed by atoms with van der Waals surface area (Å²) in [5.74, 6) is -0.271. The van der Waals surface area contributed by atoms with Crippen molar-refractivity contribution in [1.29, 1.82) is 0 Å². The predicted octanol–water partition coefficient (Wildman–Crippen LogP) is 1.99. The molecule has 0 aliphatic heterocycles. The summed E-state index contributed by atoms with van der Waals surface area (Å²) in [4.78, 5) is 10.4. The Morgan fingerprint density at radius 1 is 1.25 bits per heavy atom. The van der Waals surface area contributed by atoms with Crippen molar-refractivity contribution in [3.63, 3.8) is 0 Å². The van der Waals surface area contributed by atoms with Crippen LogP contribution in [0, 0.1) is 0 Å². The van der Waals surface area contributed by atoms with E-state index < -0.39 is 15.8 Å². The maximum absolute atomic E-state index is 11.5. The molecule has 0 heterocycles. The molecule has 1 aromatic carbocycles. The largest absolute Gasteiger partial charge is 0.493 e. The van der Waals surface area contributed by atoms with Crippen molar-refractivity contribution in [2.24, 2.45) is 0 Å². The minimum absolute atomic E-state index is 0.00150. The Morgan fingerprint density at radius 2 is 1.90 bits per heavy atom. The highest BCUT2D eigenvalue weighted by Crippen LogP contribution is 2.13. The highest BCUT2D eigenvalue weighted by molar-refractivity contribution is 7.91. The number of sulfone groups is 1. The van der Waals surface area contributed by atoms with E-state index in [1.165, 1.54) is 6.08 Å². The monoisotopic (exact) mass is 298 g/mol. The minimum atomic E-state index is -3.03. The van der Waals surface area contributed by atoms with Crippen LogP contribution in [-0.2, 0) is 14.6 Å². The SMILES string of the molecule is CCCS(=O)(=O)CCOc1ccc(/C=C/C(=O)O)cc1. The molecule has 0 aliphatic carbocycles. The number of benzene rings is 1. The molecule has 1 aromatic rings. The fraction of sp³-hybridized carbons (Fsp3) is 0.357. The molecule has 0 aliphatic rings. The lowest BCUT2D eigenvalue weighted by atomic mass is 10.2. The number of aliphatic carboxylic acids is 1. The summed E-state index contributed by atoms with van der Waals surface area (Å²) in [7, 11) is -3.03. The van der Waals surface area contributed by atoms with E-state index in [1.807, 2.05) is 6.92 Å². The zero-order valence-corrected chi connectivity index (χ0v) is 12.1. The Morgan fingerprint density at radius 3 is 2.45 bits per heavy atom. The fourth-order valence-electron chi connectivity index (χ4n) is 1.54. The van der Waals surface area contributed by atoms with Crippen LogP contribution in [0.25, 0.3) is 6.08 Å². The van der Waals surface area contributed by atoms with Crippen molar-refractivity contribution < 1.29 is 23.1 Å². The third-order valence-electron chi connectivity index (χ3n) is 2.48. The van der Waals surface area contributed by atoms with E-state index in [4.69, 9.17) is 9.84 Å². The van der Waals surface area contributed by atoms with Gasteiger partial charge in [0.2, 0.25) is 0 Å². The van der Waals surface area contributed by atoms with Gasteiger partial charge in [0.25, 0.3) is 0 Å². The van der Waals surface area contributed by atoms with Crippen LogP contribution in [0.5, 0.6) is 5.75 Å². The van der Waals surface area contributed by atoms with Gasteiger partial charge in [0, 0.05) is 6.08 Å². The normalized spacial score (nSPS) is 11.7. The van der Waals surface area contributed by atoms with Crippen molar-refractivity contribution in [3.05, 3.63) is 35.9 Å². The second-order valence-corrected chi connectivity index (χ2v) is 6.54. The Hall–Kier alpha value is -1.82. The van der Waals surface area contributed by atoms with Gasteiger partial charge in [-0.05, 0) is 30.2 Å². The van der Waals surface area contributed by atoms with Crippen molar-refractivity contribution in [2.45, 2.75) is 13.3 Å². The first-order valence-electron chi connectivity index (χ1n) is 6.27. The second kappa shape index (κ2) is 7.69. The Bertz CT molecular complexity index is 558. The van der Waals surface area contributed by atoms with Gasteiger partial charge < -0.3 is 9.84 Å². The molecule has 0 amide bonds. The van der Waals surface area contributed by atoms with Crippen molar-refractivity contribution >= 4 is 21.9 Å². The van der Waals surface area contributed by atoms with Gasteiger partial charge in [0.1, 0.15) is 12.4 Å². The number of carboxylic acid groups (broad SMARTS) is 1. The second-order valence-electron chi connectivity index (χ2n) is 4.24. The van der Waals surface area contributed by atoms with Gasteiger partial charge in [0.15, 0.2) is 9.84 Å². The van der Waals surface area contributed by atoms with Crippen LogP contribution < -0.4 is 4.74 Å². The van der Waals surface area contributed by atoms with Gasteiger partial charge in [-0.3, -0.25) is 0 Å². The van der Waals surface area contributed by atoms with E-state index in [9.17, 15) is 13.2 Å². The maximum Gasteiger partial charge on any atom is 0.328 e. The summed E-state index contributed by atoms with van der Waals surface area (Å²) in [5.41, 5.74) is 0.735. The molecule has 110 valence electrons. The maximum atomic E-state index is 11.5. The van der Waals surface area contributed by atoms with Gasteiger partial charge in [0.05, 0.1) is 11.5 Å². The standard InChI is InChI=1S/C14H18O5S/c1-2-10-20(17,18)11-9-19-13-6-3-12(4-7-13)5-8-14(15)16/h3-8H,2,9-11H2,1H3,(H,15,16)/b8-5+. The highest BCUT2D eigenvalue weighted by Gasteiger charge is 2.09. The quantitative estimate of drug-likeness (QED) is 0.742. The van der Waals surface area contributed by atoms with E-state index in [2.05, 4.69) is 0 Å². The molecule has 5 nitrogen and oxygen atoms in total. The van der Waals surface area contributed by atoms with Gasteiger partial charge >= 0.3 is 5.97 Å². The lowest BCUT2D eigenvalue weighted by molar-refractivity contribution is -0.131. The number of hydrogen-bond acceptors (Lipinski definition) is 4. The van der Waals surface area contributed by atoms with Crippen molar-refractivity contribution in [2.75, 3.05) is 18.1 Å². The molecule has 1 rings (SSSR count). The summed E-state index contributed by atoms with van der Waals surface area (Å²) in [5, 5.41) is 8.50. The summed E-state index contributed by atoms with van der Waals surface area (Å²) in [6, 6.07) is 6.76. The van der Waals surface area contributed by atoms with Crippen LogP contribution in [0.2, 0.25) is 0 Å². The summed E-state index contributed by atoms with van der Waals surface area (Å²) in [6.07, 6.45) is 3.12. The summed E-state index contributed by atoms with van der Waals surface area (Å²) < 4.78 is 28.3. The van der Waals surface area contributed by atoms with Crippen LogP contribution in [0.15, 0.2) is 30.3 Å². The van der Waals surface area contributed by atoms with Crippen LogP contribution in [0.4, 0.5) is 0 Å². The van der Waals surface area contributed by atoms with Crippen molar-refractivity contribution in [3.8, 4) is 5.75 Å². The van der Waals surface area contributed by atoms with Crippen LogP contribution in [0.1, 0.15) is 18.9 Å². The van der Waals surface area contributed by atoms with E-state index in [0.717, 1.165) is 11.6 Å². The van der Waals surface area contributed by atoms with Gasteiger partial charge in [-0.15, -0.1) is 0 Å². The molecule has 0 saturated heterocycles. The first-order chi connectivity index (χ1) is 9.43. The smallest absolute Gasteiger partial charge is 0.328 e. The molecule has 0 aromatic heterocycles. The number of carboxylic acids is 1. The van der Waals surface area contributed by atoms with E-state index in [0.29, 0.717) is 12.2 Å². The Kier molecular flexibility index (Phi) is 6.24. The third kappa shape index (κ3) is 6.38. The molecule has 0 radical (unpaired) electrons. The molecular weight excluding hydrogens is 280 g/mol. The average Bonchev–Trinajstić information content (AvgIpc) is 2.37. The third-order valence-corrected chi connectivity index (χ3v) is 4.30. The predicted molar refractivity (Wildman–Crippen MR) is 77.6 cm³/mol. The van der Waals surface area contributed by atoms with Gasteiger partial charge in [-0.25, -0.2) is 13.2 Å². The van der Waals surface area contributed by atoms with E-state index in [-0.39, 0.29) is 18.1 Å². The lowest BCUT2D eigenvalue weighted by Crippen LogP contribution is -2.16. The molecule has 6 heteroatoms. The Labute approximate surface area is 118 Å². The summed E-state index contributed by atoms with van der Waals surface area (Å²) in [6.45, 7) is 1.94. The zero-order chi connectivity index (χ0) is 15.0. The molecular formula is C14H18O5S. The zero-order valence-electron chi connectivity index (χ0n) is 11.3. The average molecular weight is 298 g/mol. The fourth-order valence-corrected chi connectivity index (χ4v) is 2.71. The molecule has 0 bridgehead atoms.